The predicted molar refractivity (Wildman–Crippen MR) is 137 cm³/mol. The number of piperazine rings is 1. The number of anilines is 2. The highest BCUT2D eigenvalue weighted by Gasteiger charge is 2.21. The first kappa shape index (κ1) is 23.9. The van der Waals surface area contributed by atoms with Crippen molar-refractivity contribution in [2.75, 3.05) is 36.4 Å². The zero-order chi connectivity index (χ0) is 24.1. The molecule has 2 heterocycles. The van der Waals surface area contributed by atoms with Crippen LogP contribution in [0, 0.1) is 0 Å². The molecular weight excluding hydrogens is 473 g/mol. The van der Waals surface area contributed by atoms with Gasteiger partial charge in [-0.1, -0.05) is 42.3 Å². The van der Waals surface area contributed by atoms with E-state index in [1.54, 1.807) is 36.4 Å². The Bertz CT molecular complexity index is 1210. The molecule has 0 radical (unpaired) electrons. The normalized spacial score (nSPS) is 14.0. The zero-order valence-electron chi connectivity index (χ0n) is 18.8. The molecular formula is C26H25Cl2N3O3. The van der Waals surface area contributed by atoms with E-state index >= 15 is 0 Å². The standard InChI is InChI=1S/C26H25Cl2N3O3/c1-2-26(33)31-15-13-30(14-16-31)23-6-4-3-5-22(23)29-25(32)12-9-19-8-11-24(34-19)20-10-7-18(27)17-21(20)28/h3-12,17H,2,13-16H2,1H3,(H,29,32)/b12-9+. The molecule has 1 aliphatic heterocycles. The number of carbonyl (C=O) groups is 2. The van der Waals surface area contributed by atoms with E-state index in [4.69, 9.17) is 27.6 Å². The van der Waals surface area contributed by atoms with Crippen molar-refractivity contribution in [1.29, 1.82) is 0 Å². The number of nitrogens with zero attached hydrogens (tertiary/aromatic N) is 2. The Morgan fingerprint density at radius 2 is 1.79 bits per heavy atom. The fourth-order valence-corrected chi connectivity index (χ4v) is 4.39. The van der Waals surface area contributed by atoms with Crippen molar-refractivity contribution in [3.63, 3.8) is 0 Å². The topological polar surface area (TPSA) is 65.8 Å². The van der Waals surface area contributed by atoms with Gasteiger partial charge in [-0.25, -0.2) is 0 Å². The number of carbonyl (C=O) groups excluding carboxylic acids is 2. The average molecular weight is 498 g/mol. The maximum atomic E-state index is 12.6. The van der Waals surface area contributed by atoms with Crippen LogP contribution in [0.2, 0.25) is 10.0 Å². The molecule has 8 heteroatoms. The second-order valence-corrected chi connectivity index (χ2v) is 8.73. The molecule has 4 rings (SSSR count). The molecule has 34 heavy (non-hydrogen) atoms. The molecule has 1 aliphatic rings. The lowest BCUT2D eigenvalue weighted by molar-refractivity contribution is -0.131. The van der Waals surface area contributed by atoms with Gasteiger partial charge in [-0.15, -0.1) is 0 Å². The van der Waals surface area contributed by atoms with Crippen LogP contribution in [0.25, 0.3) is 17.4 Å². The molecule has 0 bridgehead atoms. The molecule has 1 fully saturated rings. The minimum atomic E-state index is -0.269. The summed E-state index contributed by atoms with van der Waals surface area (Å²) in [6, 6.07) is 16.4. The van der Waals surface area contributed by atoms with Gasteiger partial charge in [0.1, 0.15) is 11.5 Å². The van der Waals surface area contributed by atoms with E-state index in [2.05, 4.69) is 10.2 Å². The summed E-state index contributed by atoms with van der Waals surface area (Å²) in [5.41, 5.74) is 2.39. The van der Waals surface area contributed by atoms with E-state index in [1.807, 2.05) is 36.1 Å². The molecule has 1 saturated heterocycles. The molecule has 0 saturated carbocycles. The second kappa shape index (κ2) is 10.8. The maximum absolute atomic E-state index is 12.6. The van der Waals surface area contributed by atoms with Crippen LogP contribution in [-0.2, 0) is 9.59 Å². The van der Waals surface area contributed by atoms with Gasteiger partial charge in [0.15, 0.2) is 0 Å². The second-order valence-electron chi connectivity index (χ2n) is 7.89. The fraction of sp³-hybridized carbons (Fsp3) is 0.231. The summed E-state index contributed by atoms with van der Waals surface area (Å²) in [4.78, 5) is 28.6. The Morgan fingerprint density at radius 1 is 1.03 bits per heavy atom. The summed E-state index contributed by atoms with van der Waals surface area (Å²) >= 11 is 12.2. The lowest BCUT2D eigenvalue weighted by Gasteiger charge is -2.36. The predicted octanol–water partition coefficient (Wildman–Crippen LogP) is 5.96. The Morgan fingerprint density at radius 3 is 2.53 bits per heavy atom. The number of furan rings is 1. The largest absolute Gasteiger partial charge is 0.457 e. The van der Waals surface area contributed by atoms with Crippen molar-refractivity contribution < 1.29 is 14.0 Å². The molecule has 176 valence electrons. The summed E-state index contributed by atoms with van der Waals surface area (Å²) in [5.74, 6) is 1.02. The van der Waals surface area contributed by atoms with Crippen LogP contribution in [0.5, 0.6) is 0 Å². The minimum absolute atomic E-state index is 0.172. The lowest BCUT2D eigenvalue weighted by atomic mass is 10.2. The number of hydrogen-bond donors (Lipinski definition) is 1. The Labute approximate surface area is 208 Å². The van der Waals surface area contributed by atoms with Crippen molar-refractivity contribution in [2.24, 2.45) is 0 Å². The quantitative estimate of drug-likeness (QED) is 0.426. The number of nitrogens with one attached hydrogen (secondary N) is 1. The number of para-hydroxylation sites is 2. The first-order valence-corrected chi connectivity index (χ1v) is 11.9. The molecule has 0 aliphatic carbocycles. The van der Waals surface area contributed by atoms with E-state index in [-0.39, 0.29) is 11.8 Å². The first-order chi connectivity index (χ1) is 16.4. The summed E-state index contributed by atoms with van der Waals surface area (Å²) in [7, 11) is 0. The van der Waals surface area contributed by atoms with Gasteiger partial charge in [0.25, 0.3) is 0 Å². The summed E-state index contributed by atoms with van der Waals surface area (Å²) in [6.07, 6.45) is 3.56. The lowest BCUT2D eigenvalue weighted by Crippen LogP contribution is -2.48. The highest BCUT2D eigenvalue weighted by Crippen LogP contribution is 2.32. The van der Waals surface area contributed by atoms with Crippen LogP contribution in [0.4, 0.5) is 11.4 Å². The number of halogens is 2. The third-order valence-corrected chi connectivity index (χ3v) is 6.21. The van der Waals surface area contributed by atoms with Crippen LogP contribution in [0.3, 0.4) is 0 Å². The van der Waals surface area contributed by atoms with Crippen molar-refractivity contribution in [3.8, 4) is 11.3 Å². The van der Waals surface area contributed by atoms with Gasteiger partial charge >= 0.3 is 0 Å². The van der Waals surface area contributed by atoms with Crippen LogP contribution in [0.1, 0.15) is 19.1 Å². The number of benzene rings is 2. The van der Waals surface area contributed by atoms with Crippen LogP contribution in [0.15, 0.2) is 65.1 Å². The average Bonchev–Trinajstić information content (AvgIpc) is 3.31. The smallest absolute Gasteiger partial charge is 0.248 e. The first-order valence-electron chi connectivity index (χ1n) is 11.1. The van der Waals surface area contributed by atoms with E-state index in [0.29, 0.717) is 41.1 Å². The molecule has 6 nitrogen and oxygen atoms in total. The van der Waals surface area contributed by atoms with Gasteiger partial charge < -0.3 is 19.5 Å². The third-order valence-electron chi connectivity index (χ3n) is 5.66. The van der Waals surface area contributed by atoms with Crippen LogP contribution >= 0.6 is 23.2 Å². The highest BCUT2D eigenvalue weighted by molar-refractivity contribution is 6.36. The number of amides is 2. The number of hydrogen-bond acceptors (Lipinski definition) is 4. The van der Waals surface area contributed by atoms with Crippen molar-refractivity contribution in [2.45, 2.75) is 13.3 Å². The SMILES string of the molecule is CCC(=O)N1CCN(c2ccccc2NC(=O)/C=C/c2ccc(-c3ccc(Cl)cc3Cl)o2)CC1. The van der Waals surface area contributed by atoms with Crippen molar-refractivity contribution in [3.05, 3.63) is 76.5 Å². The summed E-state index contributed by atoms with van der Waals surface area (Å²) in [6.45, 7) is 4.66. The summed E-state index contributed by atoms with van der Waals surface area (Å²) < 4.78 is 5.81. The molecule has 0 unspecified atom stereocenters. The minimum Gasteiger partial charge on any atom is -0.457 e. The van der Waals surface area contributed by atoms with Crippen molar-refractivity contribution in [1.82, 2.24) is 4.90 Å². The van der Waals surface area contributed by atoms with Gasteiger partial charge in [0, 0.05) is 49.3 Å². The van der Waals surface area contributed by atoms with E-state index in [9.17, 15) is 9.59 Å². The number of rotatable bonds is 6. The van der Waals surface area contributed by atoms with Crippen LogP contribution in [-0.4, -0.2) is 42.9 Å². The van der Waals surface area contributed by atoms with Gasteiger partial charge in [-0.2, -0.15) is 0 Å². The van der Waals surface area contributed by atoms with Gasteiger partial charge in [0.2, 0.25) is 11.8 Å². The molecule has 2 aromatic carbocycles. The Balaban J connectivity index is 1.40. The fourth-order valence-electron chi connectivity index (χ4n) is 3.88. The van der Waals surface area contributed by atoms with E-state index in [0.717, 1.165) is 30.0 Å². The van der Waals surface area contributed by atoms with E-state index in [1.165, 1.54) is 6.08 Å². The molecule has 0 spiro atoms. The van der Waals surface area contributed by atoms with Gasteiger partial charge in [0.05, 0.1) is 16.4 Å². The maximum Gasteiger partial charge on any atom is 0.248 e. The Kier molecular flexibility index (Phi) is 7.60. The molecule has 2 amide bonds. The van der Waals surface area contributed by atoms with Crippen LogP contribution < -0.4 is 10.2 Å². The molecule has 1 N–H and O–H groups in total. The zero-order valence-corrected chi connectivity index (χ0v) is 20.3. The third kappa shape index (κ3) is 5.64. The highest BCUT2D eigenvalue weighted by atomic mass is 35.5. The van der Waals surface area contributed by atoms with E-state index < -0.39 is 0 Å². The molecule has 3 aromatic rings. The van der Waals surface area contributed by atoms with Crippen molar-refractivity contribution >= 4 is 52.5 Å². The Hall–Kier alpha value is -3.22. The molecule has 1 aromatic heterocycles. The molecule has 0 atom stereocenters. The monoisotopic (exact) mass is 497 g/mol. The van der Waals surface area contributed by atoms with Gasteiger partial charge in [-0.3, -0.25) is 9.59 Å². The summed E-state index contributed by atoms with van der Waals surface area (Å²) in [5, 5.41) is 3.99. The van der Waals surface area contributed by atoms with Gasteiger partial charge in [-0.05, 0) is 48.5 Å².